The third kappa shape index (κ3) is 11.9. The predicted molar refractivity (Wildman–Crippen MR) is 510 cm³/mol. The number of hydrogen-bond donors (Lipinski definition) is 0. The van der Waals surface area contributed by atoms with Crippen LogP contribution < -0.4 is 0 Å². The van der Waals surface area contributed by atoms with Crippen molar-refractivity contribution >= 4 is 70.2 Å². The zero-order valence-corrected chi connectivity index (χ0v) is 76.4. The van der Waals surface area contributed by atoms with Gasteiger partial charge < -0.3 is 35.2 Å². The number of halogens is 4. The molecule has 16 fully saturated rings. The number of aromatic nitrogens is 2. The van der Waals surface area contributed by atoms with Gasteiger partial charge in [0.25, 0.3) is 0 Å². The summed E-state index contributed by atoms with van der Waals surface area (Å²) in [4.78, 5) is 2.29. The molecular formula is C117H110B2F4N4S. The third-order valence-electron chi connectivity index (χ3n) is 36.3. The lowest BCUT2D eigenvalue weighted by Crippen LogP contribution is -2.51. The fourth-order valence-corrected chi connectivity index (χ4v) is 33.8. The number of allylic oxidation sites excluding steroid dienone is 5. The minimum absolute atomic E-state index is 0.0289. The van der Waals surface area contributed by atoms with Gasteiger partial charge in [-0.2, -0.15) is 0 Å². The van der Waals surface area contributed by atoms with Crippen LogP contribution in [-0.4, -0.2) is 43.3 Å². The lowest BCUT2D eigenvalue weighted by atomic mass is 9.50. The summed E-state index contributed by atoms with van der Waals surface area (Å²) in [6.07, 6.45) is 30.4. The van der Waals surface area contributed by atoms with Crippen LogP contribution in [0.1, 0.15) is 289 Å². The molecule has 11 heteroatoms. The Morgan fingerprint density at radius 3 is 1.16 bits per heavy atom. The van der Waals surface area contributed by atoms with Gasteiger partial charge >= 0.3 is 13.9 Å². The molecule has 5 aliphatic heterocycles. The van der Waals surface area contributed by atoms with E-state index >= 15 is 17.3 Å². The highest BCUT2D eigenvalue weighted by molar-refractivity contribution is 7.99. The zero-order chi connectivity index (χ0) is 86.5. The summed E-state index contributed by atoms with van der Waals surface area (Å²) in [6, 6.07) is 43.6. The van der Waals surface area contributed by atoms with E-state index < -0.39 is 13.9 Å². The Morgan fingerprint density at radius 1 is 0.375 bits per heavy atom. The molecule has 128 heavy (non-hydrogen) atoms. The summed E-state index contributed by atoms with van der Waals surface area (Å²) in [5, 5.41) is 2.48. The summed E-state index contributed by atoms with van der Waals surface area (Å²) in [5.41, 5.74) is 25.0. The first-order chi connectivity index (χ1) is 61.8. The first kappa shape index (κ1) is 78.8. The molecule has 0 unspecified atom stereocenters. The van der Waals surface area contributed by atoms with Crippen LogP contribution in [0.25, 0.3) is 33.1 Å². The highest BCUT2D eigenvalue weighted by Crippen LogP contribution is 2.65. The van der Waals surface area contributed by atoms with Crippen LogP contribution in [0, 0.1) is 197 Å². The molecule has 17 aliphatic carbocycles. The van der Waals surface area contributed by atoms with Gasteiger partial charge in [0.1, 0.15) is 11.4 Å². The van der Waals surface area contributed by atoms with Crippen molar-refractivity contribution in [3.8, 4) is 71.0 Å². The van der Waals surface area contributed by atoms with E-state index in [1.54, 1.807) is 11.8 Å². The normalized spacial score (nSPS) is 33.1. The number of hydrogen-bond acceptors (Lipinski definition) is 1. The molecule has 0 radical (unpaired) electrons. The SMILES string of the molecule is CC1=C(C#CC23CC4CC(CC(C4)C2)C3)C(C)=[N+]2C1=C(c1ccc(C#Cc3ccc4c(c3)Sc3ccc(C#Cc5ccc(C6=C7C(C)=C(C#CC89CC%10CC(CC(C%10)C8)C9)C(C)=[N+]7[B-](F)(F)n7c(C)c(C#CC89CC%10CC(CC(C%10)C8)C9)c(C)c76)cc5)cc3/C4=C3\c4c(ccc5ccccc45)C[C@H]3C)cc1)c1c(C)c(C#CC34CC5CC(CC(C5)C3)C4)c(C)n1[B-]2(F)F. The second kappa shape index (κ2) is 27.9. The van der Waals surface area contributed by atoms with E-state index in [0.29, 0.717) is 45.6 Å². The molecule has 0 N–H and O–H groups in total. The molecule has 0 amide bonds. The molecule has 2 aromatic heterocycles. The molecule has 16 saturated carbocycles. The molecule has 30 rings (SSSR count). The molecule has 8 aromatic rings. The van der Waals surface area contributed by atoms with Crippen molar-refractivity contribution in [3.63, 3.8) is 0 Å². The zero-order valence-electron chi connectivity index (χ0n) is 75.6. The summed E-state index contributed by atoms with van der Waals surface area (Å²) >= 11 is 1.78. The van der Waals surface area contributed by atoms with Crippen LogP contribution in [0.5, 0.6) is 0 Å². The van der Waals surface area contributed by atoms with Crippen molar-refractivity contribution in [1.29, 1.82) is 0 Å². The van der Waals surface area contributed by atoms with Gasteiger partial charge in [-0.25, -0.2) is 0 Å². The topological polar surface area (TPSA) is 15.9 Å². The van der Waals surface area contributed by atoms with E-state index in [1.165, 1.54) is 134 Å². The first-order valence-electron chi connectivity index (χ1n) is 49.0. The fourth-order valence-electron chi connectivity index (χ4n) is 32.7. The van der Waals surface area contributed by atoms with Crippen molar-refractivity contribution in [3.05, 3.63) is 256 Å². The summed E-state index contributed by atoms with van der Waals surface area (Å²) in [7, 11) is 0. The van der Waals surface area contributed by atoms with Gasteiger partial charge in [-0.3, -0.25) is 0 Å². The van der Waals surface area contributed by atoms with Crippen LogP contribution in [0.2, 0.25) is 0 Å². The van der Waals surface area contributed by atoms with Crippen molar-refractivity contribution in [2.75, 3.05) is 0 Å². The highest BCUT2D eigenvalue weighted by atomic mass is 32.2. The van der Waals surface area contributed by atoms with Gasteiger partial charge in [0.15, 0.2) is 11.4 Å². The second-order valence-corrected chi connectivity index (χ2v) is 45.9. The largest absolute Gasteiger partial charge is 0.737 e. The first-order valence-corrected chi connectivity index (χ1v) is 49.8. The lowest BCUT2D eigenvalue weighted by Gasteiger charge is -2.54. The Morgan fingerprint density at radius 2 is 0.742 bits per heavy atom. The fraction of sp³-hybridized carbons (Fsp3) is 0.436. The van der Waals surface area contributed by atoms with E-state index in [0.717, 1.165) is 259 Å². The maximum Gasteiger partial charge on any atom is 0.737 e. The Hall–Kier alpha value is -10.3. The standard InChI is InChI=1S/C117H110B2F4N4S/c1-67-40-95-29-28-92-12-10-11-13-100(92)106(95)105(67)109-101-30-22-79(17-15-77-20-26-94(27-21-77)108-112-70(4)98(34-38-116-61-86-47-87(62-116)49-88(48-86)63-116)74(8)126(112)119(122,123)127-75(9)99(71(5)113(108)127)35-39-117-64-89-50-90(65-117)52-91(51-89)66-117)54-104(101)128-103-31-23-78(53-102(103)109)16-14-76-18-24-93(25-19-76)107-110-68(2)96(32-36-114-55-80-41-81(56-114)43-82(42-80)57-114)72(6)124(110)118(120,121)125-73(7)97(69(3)111(107)125)33-37-115-58-83-44-84(59-115)46-85(45-83)60-115/h10-13,18-31,53-54,67,80-91H,40-52,55-66H2,1-9H3/b109-105-/t67-,80?,81?,82?,83?,84?,85?,86?,87?,88?,89?,90?,91?,114?,115?,116?,117?/m1/s1. The van der Waals surface area contributed by atoms with Crippen molar-refractivity contribution in [1.82, 2.24) is 8.96 Å². The number of nitrogens with zero attached hydrogens (tertiary/aromatic N) is 4. The van der Waals surface area contributed by atoms with E-state index in [4.69, 9.17) is 0 Å². The van der Waals surface area contributed by atoms with E-state index in [2.05, 4.69) is 199 Å². The minimum Gasteiger partial charge on any atom is -0.392 e. The van der Waals surface area contributed by atoms with Crippen LogP contribution in [0.3, 0.4) is 0 Å². The minimum atomic E-state index is -4.35. The molecular weight excluding hydrogens is 1590 g/mol. The molecule has 0 saturated heterocycles. The molecule has 16 bridgehead atoms. The molecule has 22 aliphatic rings. The molecule has 4 nitrogen and oxygen atoms in total. The predicted octanol–water partition coefficient (Wildman–Crippen LogP) is 26.3. The van der Waals surface area contributed by atoms with Crippen molar-refractivity contribution < 1.29 is 26.2 Å². The quantitative estimate of drug-likeness (QED) is 0.0957. The second-order valence-electron chi connectivity index (χ2n) is 44.8. The van der Waals surface area contributed by atoms with Gasteiger partial charge in [-0.1, -0.05) is 156 Å². The van der Waals surface area contributed by atoms with Gasteiger partial charge in [-0.05, 0) is 400 Å². The molecule has 7 heterocycles. The van der Waals surface area contributed by atoms with Crippen LogP contribution in [0.15, 0.2) is 165 Å². The Balaban J connectivity index is 0.544. The Kier molecular flexibility index (Phi) is 17.2. The summed E-state index contributed by atoms with van der Waals surface area (Å²) in [5.74, 6) is 53.9. The summed E-state index contributed by atoms with van der Waals surface area (Å²) in [6.45, 7) is 9.44. The van der Waals surface area contributed by atoms with Crippen LogP contribution in [0.4, 0.5) is 17.3 Å². The smallest absolute Gasteiger partial charge is 0.392 e. The van der Waals surface area contributed by atoms with Gasteiger partial charge in [-0.15, -0.1) is 0 Å². The van der Waals surface area contributed by atoms with Crippen LogP contribution in [-0.2, 0) is 6.42 Å². The number of fused-ring (bicyclic) bond motifs is 9. The maximum atomic E-state index is 18.5. The van der Waals surface area contributed by atoms with E-state index in [-0.39, 0.29) is 27.6 Å². The van der Waals surface area contributed by atoms with Crippen molar-refractivity contribution in [2.24, 2.45) is 98.6 Å². The molecule has 0 spiro atoms. The summed E-state index contributed by atoms with van der Waals surface area (Å²) < 4.78 is 79.4. The molecule has 1 atom stereocenters. The van der Waals surface area contributed by atoms with Gasteiger partial charge in [0.2, 0.25) is 0 Å². The average Bonchev–Trinajstić information content (AvgIpc) is 1.53. The van der Waals surface area contributed by atoms with Crippen LogP contribution >= 0.6 is 11.8 Å². The average molecular weight is 1700 g/mol. The van der Waals surface area contributed by atoms with E-state index in [9.17, 15) is 0 Å². The highest BCUT2D eigenvalue weighted by Gasteiger charge is 2.61. The molecule has 638 valence electrons. The Bertz CT molecular complexity index is 6970. The van der Waals surface area contributed by atoms with Crippen molar-refractivity contribution in [2.45, 2.75) is 233 Å². The molecule has 6 aromatic carbocycles. The van der Waals surface area contributed by atoms with Gasteiger partial charge in [0.05, 0.1) is 22.3 Å². The number of rotatable bonds is 2. The Labute approximate surface area is 758 Å². The lowest BCUT2D eigenvalue weighted by molar-refractivity contribution is -0.364. The maximum absolute atomic E-state index is 18.5. The van der Waals surface area contributed by atoms with E-state index in [1.807, 2.05) is 55.4 Å². The van der Waals surface area contributed by atoms with Gasteiger partial charge in [0, 0.05) is 113 Å². The monoisotopic (exact) mass is 1700 g/mol. The number of benzene rings is 6. The third-order valence-corrected chi connectivity index (χ3v) is 37.4.